The highest BCUT2D eigenvalue weighted by molar-refractivity contribution is 7.89. The Balaban J connectivity index is 1.95. The lowest BCUT2D eigenvalue weighted by atomic mass is 10.1. The van der Waals surface area contributed by atoms with Crippen LogP contribution in [0, 0.1) is 20.8 Å². The van der Waals surface area contributed by atoms with Crippen molar-refractivity contribution in [1.82, 2.24) is 10.1 Å². The van der Waals surface area contributed by atoms with E-state index in [1.807, 2.05) is 50.2 Å². The molecule has 2 aromatic rings. The van der Waals surface area contributed by atoms with Gasteiger partial charge in [0.25, 0.3) is 5.91 Å². The SMILES string of the molecule is Cc1cc(C)c(S(=O)(=O)NCC(=O)N/N=C\c2ccc(N(C)C)cc2)c(C)c1. The van der Waals surface area contributed by atoms with Crippen molar-refractivity contribution in [2.45, 2.75) is 25.7 Å². The van der Waals surface area contributed by atoms with Crippen LogP contribution in [0.2, 0.25) is 0 Å². The van der Waals surface area contributed by atoms with E-state index in [0.29, 0.717) is 11.1 Å². The van der Waals surface area contributed by atoms with Crippen LogP contribution in [-0.4, -0.2) is 41.2 Å². The van der Waals surface area contributed by atoms with Crippen molar-refractivity contribution < 1.29 is 13.2 Å². The third-order valence-corrected chi connectivity index (χ3v) is 5.81. The van der Waals surface area contributed by atoms with Gasteiger partial charge in [0.1, 0.15) is 0 Å². The normalized spacial score (nSPS) is 11.6. The molecule has 0 unspecified atom stereocenters. The Labute approximate surface area is 166 Å². The Bertz CT molecular complexity index is 958. The molecular weight excluding hydrogens is 376 g/mol. The highest BCUT2D eigenvalue weighted by atomic mass is 32.2. The molecule has 0 radical (unpaired) electrons. The second-order valence-corrected chi connectivity index (χ2v) is 8.54. The Morgan fingerprint density at radius 2 is 1.64 bits per heavy atom. The summed E-state index contributed by atoms with van der Waals surface area (Å²) in [6.45, 7) is 4.98. The minimum absolute atomic E-state index is 0.204. The van der Waals surface area contributed by atoms with Gasteiger partial charge < -0.3 is 4.90 Å². The van der Waals surface area contributed by atoms with Crippen LogP contribution in [0.4, 0.5) is 5.69 Å². The molecule has 8 heteroatoms. The summed E-state index contributed by atoms with van der Waals surface area (Å²) in [7, 11) is 0.106. The summed E-state index contributed by atoms with van der Waals surface area (Å²) in [6.07, 6.45) is 1.50. The fourth-order valence-corrected chi connectivity index (χ4v) is 4.33. The van der Waals surface area contributed by atoms with Crippen molar-refractivity contribution in [3.05, 3.63) is 58.7 Å². The topological polar surface area (TPSA) is 90.9 Å². The number of aryl methyl sites for hydroxylation is 3. The van der Waals surface area contributed by atoms with Crippen LogP contribution in [0.3, 0.4) is 0 Å². The number of hydrogen-bond donors (Lipinski definition) is 2. The van der Waals surface area contributed by atoms with Gasteiger partial charge in [-0.2, -0.15) is 5.10 Å². The van der Waals surface area contributed by atoms with Crippen molar-refractivity contribution in [1.29, 1.82) is 0 Å². The monoisotopic (exact) mass is 402 g/mol. The summed E-state index contributed by atoms with van der Waals surface area (Å²) >= 11 is 0. The predicted molar refractivity (Wildman–Crippen MR) is 112 cm³/mol. The van der Waals surface area contributed by atoms with Gasteiger partial charge in [0.05, 0.1) is 17.7 Å². The summed E-state index contributed by atoms with van der Waals surface area (Å²) in [5, 5.41) is 3.86. The predicted octanol–water partition coefficient (Wildman–Crippen LogP) is 2.11. The van der Waals surface area contributed by atoms with Gasteiger partial charge in [0, 0.05) is 19.8 Å². The Hall–Kier alpha value is -2.71. The minimum atomic E-state index is -3.79. The maximum Gasteiger partial charge on any atom is 0.255 e. The van der Waals surface area contributed by atoms with Crippen molar-refractivity contribution in [3.63, 3.8) is 0 Å². The standard InChI is InChI=1S/C20H26N4O3S/c1-14-10-15(2)20(16(3)11-14)28(26,27)22-13-19(25)23-21-12-17-6-8-18(9-7-17)24(4)5/h6-12,22H,13H2,1-5H3,(H,23,25)/b21-12-. The van der Waals surface area contributed by atoms with Crippen molar-refractivity contribution >= 4 is 27.8 Å². The first kappa shape index (κ1) is 21.6. The molecule has 28 heavy (non-hydrogen) atoms. The molecule has 0 saturated heterocycles. The lowest BCUT2D eigenvalue weighted by Gasteiger charge is -2.12. The lowest BCUT2D eigenvalue weighted by molar-refractivity contribution is -0.119. The molecule has 0 aliphatic heterocycles. The number of carbonyl (C=O) groups excluding carboxylic acids is 1. The van der Waals surface area contributed by atoms with Gasteiger partial charge >= 0.3 is 0 Å². The molecular formula is C20H26N4O3S. The van der Waals surface area contributed by atoms with E-state index in [1.54, 1.807) is 26.0 Å². The molecule has 0 saturated carbocycles. The summed E-state index contributed by atoms with van der Waals surface area (Å²) in [6, 6.07) is 11.2. The third-order valence-electron chi connectivity index (χ3n) is 4.11. The number of hydrogen-bond acceptors (Lipinski definition) is 5. The Morgan fingerprint density at radius 3 is 2.18 bits per heavy atom. The zero-order valence-electron chi connectivity index (χ0n) is 16.8. The van der Waals surface area contributed by atoms with Crippen LogP contribution in [0.25, 0.3) is 0 Å². The van der Waals surface area contributed by atoms with Gasteiger partial charge in [-0.1, -0.05) is 29.8 Å². The first-order valence-corrected chi connectivity index (χ1v) is 10.3. The van der Waals surface area contributed by atoms with Crippen LogP contribution in [0.15, 0.2) is 46.4 Å². The van der Waals surface area contributed by atoms with Gasteiger partial charge in [0.2, 0.25) is 10.0 Å². The fraction of sp³-hybridized carbons (Fsp3) is 0.300. The van der Waals surface area contributed by atoms with Crippen molar-refractivity contribution in [2.24, 2.45) is 5.10 Å². The van der Waals surface area contributed by atoms with E-state index in [4.69, 9.17) is 0 Å². The molecule has 0 aliphatic carbocycles. The minimum Gasteiger partial charge on any atom is -0.378 e. The highest BCUT2D eigenvalue weighted by Gasteiger charge is 2.20. The molecule has 0 heterocycles. The molecule has 1 amide bonds. The van der Waals surface area contributed by atoms with Gasteiger partial charge in [-0.3, -0.25) is 4.79 Å². The third kappa shape index (κ3) is 5.64. The number of benzene rings is 2. The number of nitrogens with one attached hydrogen (secondary N) is 2. The first-order valence-electron chi connectivity index (χ1n) is 8.77. The number of nitrogens with zero attached hydrogens (tertiary/aromatic N) is 2. The Kier molecular flexibility index (Phi) is 6.93. The van der Waals surface area contributed by atoms with Crippen LogP contribution < -0.4 is 15.0 Å². The second-order valence-electron chi connectivity index (χ2n) is 6.83. The van der Waals surface area contributed by atoms with E-state index >= 15 is 0 Å². The van der Waals surface area contributed by atoms with Crippen molar-refractivity contribution in [3.8, 4) is 0 Å². The van der Waals surface area contributed by atoms with Gasteiger partial charge in [-0.05, 0) is 49.6 Å². The average molecular weight is 403 g/mol. The maximum atomic E-state index is 12.5. The Morgan fingerprint density at radius 1 is 1.07 bits per heavy atom. The highest BCUT2D eigenvalue weighted by Crippen LogP contribution is 2.21. The van der Waals surface area contributed by atoms with Gasteiger partial charge in [-0.15, -0.1) is 0 Å². The fourth-order valence-electron chi connectivity index (χ4n) is 2.90. The van der Waals surface area contributed by atoms with E-state index in [9.17, 15) is 13.2 Å². The molecule has 150 valence electrons. The summed E-state index contributed by atoms with van der Waals surface area (Å²) in [5.41, 5.74) is 6.47. The zero-order chi connectivity index (χ0) is 20.9. The van der Waals surface area contributed by atoms with E-state index < -0.39 is 22.5 Å². The molecule has 2 rings (SSSR count). The quantitative estimate of drug-likeness (QED) is 0.548. The molecule has 0 atom stereocenters. The molecule has 0 bridgehead atoms. The molecule has 0 fully saturated rings. The smallest absolute Gasteiger partial charge is 0.255 e. The number of rotatable bonds is 7. The summed E-state index contributed by atoms with van der Waals surface area (Å²) in [4.78, 5) is 14.1. The summed E-state index contributed by atoms with van der Waals surface area (Å²) < 4.78 is 27.4. The van der Waals surface area contributed by atoms with Crippen LogP contribution in [-0.2, 0) is 14.8 Å². The maximum absolute atomic E-state index is 12.5. The number of sulfonamides is 1. The van der Waals surface area contributed by atoms with E-state index in [1.165, 1.54) is 6.21 Å². The zero-order valence-corrected chi connectivity index (χ0v) is 17.6. The van der Waals surface area contributed by atoms with E-state index in [-0.39, 0.29) is 4.90 Å². The van der Waals surface area contributed by atoms with Gasteiger partial charge in [-0.25, -0.2) is 18.6 Å². The lowest BCUT2D eigenvalue weighted by Crippen LogP contribution is -2.35. The second kappa shape index (κ2) is 8.99. The number of hydrazone groups is 1. The molecule has 2 aromatic carbocycles. The number of amides is 1. The van der Waals surface area contributed by atoms with Crippen LogP contribution in [0.5, 0.6) is 0 Å². The average Bonchev–Trinajstić information content (AvgIpc) is 2.59. The summed E-state index contributed by atoms with van der Waals surface area (Å²) in [5.74, 6) is -0.549. The van der Waals surface area contributed by atoms with Gasteiger partial charge in [0.15, 0.2) is 0 Å². The van der Waals surface area contributed by atoms with Crippen molar-refractivity contribution in [2.75, 3.05) is 25.5 Å². The number of anilines is 1. The van der Waals surface area contributed by atoms with Crippen LogP contribution >= 0.6 is 0 Å². The van der Waals surface area contributed by atoms with E-state index in [2.05, 4.69) is 15.2 Å². The van der Waals surface area contributed by atoms with Crippen LogP contribution in [0.1, 0.15) is 22.3 Å². The largest absolute Gasteiger partial charge is 0.378 e. The molecule has 0 spiro atoms. The molecule has 2 N–H and O–H groups in total. The van der Waals surface area contributed by atoms with E-state index in [0.717, 1.165) is 16.8 Å². The molecule has 7 nitrogen and oxygen atoms in total. The molecule has 0 aromatic heterocycles. The number of carbonyl (C=O) groups is 1. The molecule has 0 aliphatic rings. The first-order chi connectivity index (χ1) is 13.1.